The number of rotatable bonds is 4. The maximum atomic E-state index is 3.99. The van der Waals surface area contributed by atoms with Crippen LogP contribution in [-0.4, -0.2) is 6.54 Å². The molecule has 2 rings (SSSR count). The van der Waals surface area contributed by atoms with Gasteiger partial charge in [-0.2, -0.15) is 0 Å². The molecule has 16 heavy (non-hydrogen) atoms. The highest BCUT2D eigenvalue weighted by Gasteiger charge is 1.96. The molecule has 0 unspecified atom stereocenters. The van der Waals surface area contributed by atoms with Crippen LogP contribution in [0.15, 0.2) is 54.6 Å². The summed E-state index contributed by atoms with van der Waals surface area (Å²) in [4.78, 5) is 0. The van der Waals surface area contributed by atoms with Gasteiger partial charge in [-0.05, 0) is 29.3 Å². The van der Waals surface area contributed by atoms with E-state index in [1.54, 1.807) is 0 Å². The zero-order valence-electron chi connectivity index (χ0n) is 9.66. The van der Waals surface area contributed by atoms with Crippen LogP contribution in [0, 0.1) is 0 Å². The number of hydrogen-bond acceptors (Lipinski definition) is 1. The van der Waals surface area contributed by atoms with Crippen LogP contribution >= 0.6 is 0 Å². The summed E-state index contributed by atoms with van der Waals surface area (Å²) >= 11 is 0. The molecule has 0 saturated carbocycles. The molecule has 1 nitrogen and oxygen atoms in total. The highest BCUT2D eigenvalue weighted by Crippen LogP contribution is 2.18. The molecular weight excluding hydrogens is 194 g/mol. The Morgan fingerprint density at radius 3 is 2.62 bits per heavy atom. The monoisotopic (exact) mass is 211 g/mol. The van der Waals surface area contributed by atoms with E-state index in [0.717, 1.165) is 18.7 Å². The normalized spacial score (nSPS) is 10.3. The van der Waals surface area contributed by atoms with Crippen LogP contribution in [0.2, 0.25) is 0 Å². The van der Waals surface area contributed by atoms with Gasteiger partial charge in [0.25, 0.3) is 0 Å². The van der Waals surface area contributed by atoms with Crippen LogP contribution in [0.1, 0.15) is 13.3 Å². The van der Waals surface area contributed by atoms with Crippen molar-refractivity contribution in [3.05, 3.63) is 54.6 Å². The molecular formula is C15H17N. The molecule has 2 aromatic carbocycles. The van der Waals surface area contributed by atoms with Gasteiger partial charge in [0.1, 0.15) is 0 Å². The summed E-state index contributed by atoms with van der Waals surface area (Å²) in [6, 6.07) is 14.8. The summed E-state index contributed by atoms with van der Waals surface area (Å²) < 4.78 is 0. The molecule has 0 heterocycles. The van der Waals surface area contributed by atoms with Crippen molar-refractivity contribution in [2.75, 3.05) is 11.9 Å². The van der Waals surface area contributed by atoms with Gasteiger partial charge in [0, 0.05) is 12.2 Å². The maximum absolute atomic E-state index is 3.99. The van der Waals surface area contributed by atoms with Crippen molar-refractivity contribution in [3.8, 4) is 0 Å². The van der Waals surface area contributed by atoms with Gasteiger partial charge in [-0.3, -0.25) is 0 Å². The van der Waals surface area contributed by atoms with Crippen molar-refractivity contribution in [2.24, 2.45) is 0 Å². The van der Waals surface area contributed by atoms with Crippen molar-refractivity contribution in [1.82, 2.24) is 0 Å². The van der Waals surface area contributed by atoms with Crippen LogP contribution in [0.4, 0.5) is 5.69 Å². The fraction of sp³-hybridized carbons (Fsp3) is 0.200. The topological polar surface area (TPSA) is 12.0 Å². The fourth-order valence-electron chi connectivity index (χ4n) is 1.65. The van der Waals surface area contributed by atoms with Gasteiger partial charge in [0.15, 0.2) is 0 Å². The number of anilines is 1. The molecule has 0 spiro atoms. The SMILES string of the molecule is C=C(CC)CNc1ccc2ccccc2c1. The number of hydrogen-bond donors (Lipinski definition) is 1. The first-order valence-electron chi connectivity index (χ1n) is 5.69. The number of fused-ring (bicyclic) bond motifs is 1. The van der Waals surface area contributed by atoms with Crippen molar-refractivity contribution in [3.63, 3.8) is 0 Å². The minimum Gasteiger partial charge on any atom is -0.381 e. The van der Waals surface area contributed by atoms with Crippen molar-refractivity contribution >= 4 is 16.5 Å². The Bertz CT molecular complexity index is 500. The Morgan fingerprint density at radius 2 is 1.88 bits per heavy atom. The van der Waals surface area contributed by atoms with Crippen LogP contribution in [0.3, 0.4) is 0 Å². The molecule has 1 heteroatoms. The Balaban J connectivity index is 2.16. The molecule has 0 bridgehead atoms. The third-order valence-electron chi connectivity index (χ3n) is 2.79. The summed E-state index contributed by atoms with van der Waals surface area (Å²) in [5.41, 5.74) is 2.39. The second-order valence-electron chi connectivity index (χ2n) is 4.02. The van der Waals surface area contributed by atoms with Gasteiger partial charge in [-0.15, -0.1) is 0 Å². The summed E-state index contributed by atoms with van der Waals surface area (Å²) in [6.07, 6.45) is 1.03. The largest absolute Gasteiger partial charge is 0.381 e. The minimum absolute atomic E-state index is 0.856. The maximum Gasteiger partial charge on any atom is 0.0357 e. The molecule has 0 aliphatic heterocycles. The van der Waals surface area contributed by atoms with E-state index >= 15 is 0 Å². The zero-order valence-corrected chi connectivity index (χ0v) is 9.66. The lowest BCUT2D eigenvalue weighted by Gasteiger charge is -2.08. The quantitative estimate of drug-likeness (QED) is 0.747. The standard InChI is InChI=1S/C15H17N/c1-3-12(2)11-16-15-9-8-13-6-4-5-7-14(13)10-15/h4-10,16H,2-3,11H2,1H3. The predicted octanol–water partition coefficient (Wildman–Crippen LogP) is 4.22. The Hall–Kier alpha value is -1.76. The molecule has 0 aromatic heterocycles. The second kappa shape index (κ2) is 4.84. The first-order chi connectivity index (χ1) is 7.79. The van der Waals surface area contributed by atoms with Crippen LogP contribution in [0.25, 0.3) is 10.8 Å². The summed E-state index contributed by atoms with van der Waals surface area (Å²) in [5.74, 6) is 0. The van der Waals surface area contributed by atoms with E-state index in [2.05, 4.69) is 61.3 Å². The van der Waals surface area contributed by atoms with Gasteiger partial charge >= 0.3 is 0 Å². The lowest BCUT2D eigenvalue weighted by atomic mass is 10.1. The summed E-state index contributed by atoms with van der Waals surface area (Å²) in [6.45, 7) is 6.97. The Kier molecular flexibility index (Phi) is 3.25. The molecule has 0 saturated heterocycles. The average Bonchev–Trinajstić information content (AvgIpc) is 2.35. The third-order valence-corrected chi connectivity index (χ3v) is 2.79. The van der Waals surface area contributed by atoms with Crippen LogP contribution in [-0.2, 0) is 0 Å². The van der Waals surface area contributed by atoms with E-state index in [9.17, 15) is 0 Å². The van der Waals surface area contributed by atoms with Crippen LogP contribution in [0.5, 0.6) is 0 Å². The lowest BCUT2D eigenvalue weighted by molar-refractivity contribution is 1.05. The zero-order chi connectivity index (χ0) is 11.4. The molecule has 1 N–H and O–H groups in total. The molecule has 82 valence electrons. The molecule has 0 radical (unpaired) electrons. The van der Waals surface area contributed by atoms with Gasteiger partial charge in [0.05, 0.1) is 0 Å². The summed E-state index contributed by atoms with van der Waals surface area (Å²) in [7, 11) is 0. The fourth-order valence-corrected chi connectivity index (χ4v) is 1.65. The smallest absolute Gasteiger partial charge is 0.0357 e. The van der Waals surface area contributed by atoms with Gasteiger partial charge in [-0.25, -0.2) is 0 Å². The number of nitrogens with one attached hydrogen (secondary N) is 1. The van der Waals surface area contributed by atoms with Gasteiger partial charge in [0.2, 0.25) is 0 Å². The van der Waals surface area contributed by atoms with Crippen molar-refractivity contribution in [2.45, 2.75) is 13.3 Å². The summed E-state index contributed by atoms with van der Waals surface area (Å²) in [5, 5.41) is 5.94. The van der Waals surface area contributed by atoms with Crippen molar-refractivity contribution < 1.29 is 0 Å². The van der Waals surface area contributed by atoms with Crippen LogP contribution < -0.4 is 5.32 Å². The molecule has 0 amide bonds. The highest BCUT2D eigenvalue weighted by atomic mass is 14.9. The molecule has 0 fully saturated rings. The van der Waals surface area contributed by atoms with Gasteiger partial charge in [-0.1, -0.05) is 49.4 Å². The van der Waals surface area contributed by atoms with E-state index in [4.69, 9.17) is 0 Å². The van der Waals surface area contributed by atoms with E-state index in [1.165, 1.54) is 16.3 Å². The van der Waals surface area contributed by atoms with E-state index in [-0.39, 0.29) is 0 Å². The third kappa shape index (κ3) is 2.43. The van der Waals surface area contributed by atoms with Gasteiger partial charge < -0.3 is 5.32 Å². The molecule has 0 aliphatic rings. The molecule has 2 aromatic rings. The van der Waals surface area contributed by atoms with E-state index in [1.807, 2.05) is 0 Å². The van der Waals surface area contributed by atoms with Crippen molar-refractivity contribution in [1.29, 1.82) is 0 Å². The first-order valence-corrected chi connectivity index (χ1v) is 5.69. The predicted molar refractivity (Wildman–Crippen MR) is 71.9 cm³/mol. The minimum atomic E-state index is 0.856. The second-order valence-corrected chi connectivity index (χ2v) is 4.02. The van der Waals surface area contributed by atoms with E-state index < -0.39 is 0 Å². The molecule has 0 atom stereocenters. The number of benzene rings is 2. The molecule has 0 aliphatic carbocycles. The first kappa shape index (κ1) is 10.7. The lowest BCUT2D eigenvalue weighted by Crippen LogP contribution is -2.02. The highest BCUT2D eigenvalue weighted by molar-refractivity contribution is 5.85. The Morgan fingerprint density at radius 1 is 1.12 bits per heavy atom. The van der Waals surface area contributed by atoms with E-state index in [0.29, 0.717) is 0 Å². The Labute approximate surface area is 96.8 Å². The average molecular weight is 211 g/mol.